The van der Waals surface area contributed by atoms with Crippen molar-refractivity contribution in [3.8, 4) is 0 Å². The third kappa shape index (κ3) is 4.90. The number of nitrogens with two attached hydrogens (primary N) is 1. The monoisotopic (exact) mass is 361 g/mol. The van der Waals surface area contributed by atoms with Crippen LogP contribution in [-0.2, 0) is 21.0 Å². The molecule has 0 saturated carbocycles. The van der Waals surface area contributed by atoms with Crippen LogP contribution in [0.3, 0.4) is 0 Å². The average Bonchev–Trinajstić information content (AvgIpc) is 2.54. The number of carbonyl (C=O) groups is 1. The number of sulfone groups is 1. The topological polar surface area (TPSA) is 86.5 Å². The van der Waals surface area contributed by atoms with E-state index in [1.54, 1.807) is 31.2 Å². The summed E-state index contributed by atoms with van der Waals surface area (Å²) in [4.78, 5) is 12.0. The zero-order valence-electron chi connectivity index (χ0n) is 14.7. The van der Waals surface area contributed by atoms with Gasteiger partial charge in [-0.25, -0.2) is 13.2 Å². The molecule has 6 heteroatoms. The Hall–Kier alpha value is -2.18. The molecule has 2 rings (SSSR count). The summed E-state index contributed by atoms with van der Waals surface area (Å²) in [6, 6.07) is 12.5. The number of ether oxygens (including phenoxy) is 1. The van der Waals surface area contributed by atoms with Gasteiger partial charge >= 0.3 is 5.97 Å². The quantitative estimate of drug-likeness (QED) is 0.799. The molecule has 0 fully saturated rings. The van der Waals surface area contributed by atoms with Crippen molar-refractivity contribution in [3.05, 3.63) is 59.7 Å². The molecule has 0 aliphatic rings. The third-order valence-corrected chi connectivity index (χ3v) is 5.32. The van der Waals surface area contributed by atoms with Crippen LogP contribution < -0.4 is 5.73 Å². The van der Waals surface area contributed by atoms with Gasteiger partial charge < -0.3 is 10.5 Å². The van der Waals surface area contributed by atoms with E-state index in [0.29, 0.717) is 6.42 Å². The molecule has 134 valence electrons. The second-order valence-electron chi connectivity index (χ2n) is 6.56. The van der Waals surface area contributed by atoms with Crippen LogP contribution in [0.1, 0.15) is 36.7 Å². The smallest absolute Gasteiger partial charge is 0.338 e. The Morgan fingerprint density at radius 1 is 1.08 bits per heavy atom. The first-order chi connectivity index (χ1) is 11.6. The van der Waals surface area contributed by atoms with Gasteiger partial charge in [-0.1, -0.05) is 18.2 Å². The number of benzene rings is 2. The van der Waals surface area contributed by atoms with Crippen molar-refractivity contribution in [1.82, 2.24) is 0 Å². The van der Waals surface area contributed by atoms with E-state index in [1.807, 2.05) is 13.8 Å². The lowest BCUT2D eigenvalue weighted by molar-refractivity contribution is 0.0526. The summed E-state index contributed by atoms with van der Waals surface area (Å²) in [6.07, 6.45) is 0.645. The van der Waals surface area contributed by atoms with Crippen molar-refractivity contribution in [3.63, 3.8) is 0 Å². The number of hydrogen-bond acceptors (Lipinski definition) is 5. The lowest BCUT2D eigenvalue weighted by Crippen LogP contribution is -2.34. The van der Waals surface area contributed by atoms with Gasteiger partial charge in [0.1, 0.15) is 0 Å². The second-order valence-corrected chi connectivity index (χ2v) is 8.51. The molecule has 0 aromatic heterocycles. The Bertz CT molecular complexity index is 850. The van der Waals surface area contributed by atoms with E-state index in [-0.39, 0.29) is 27.5 Å². The molecule has 0 atom stereocenters. The number of esters is 1. The fraction of sp³-hybridized carbons (Fsp3) is 0.316. The molecule has 2 aromatic rings. The first kappa shape index (κ1) is 19.1. The summed E-state index contributed by atoms with van der Waals surface area (Å²) >= 11 is 0. The molecule has 25 heavy (non-hydrogen) atoms. The van der Waals surface area contributed by atoms with Crippen LogP contribution in [0.5, 0.6) is 0 Å². The zero-order valence-corrected chi connectivity index (χ0v) is 15.5. The molecule has 0 aliphatic heterocycles. The molecule has 2 N–H and O–H groups in total. The summed E-state index contributed by atoms with van der Waals surface area (Å²) < 4.78 is 30.5. The maximum absolute atomic E-state index is 12.8. The van der Waals surface area contributed by atoms with Gasteiger partial charge in [-0.2, -0.15) is 0 Å². The van der Waals surface area contributed by atoms with E-state index in [0.717, 1.165) is 5.56 Å². The highest BCUT2D eigenvalue weighted by Crippen LogP contribution is 2.23. The van der Waals surface area contributed by atoms with Crippen molar-refractivity contribution in [2.24, 2.45) is 5.73 Å². The van der Waals surface area contributed by atoms with E-state index >= 15 is 0 Å². The SMILES string of the molecule is CCOC(=O)c1cccc(S(=O)(=O)c2ccc(CC(C)(C)N)cc2)c1. The van der Waals surface area contributed by atoms with Crippen LogP contribution in [0.15, 0.2) is 58.3 Å². The molecule has 0 bridgehead atoms. The normalized spacial score (nSPS) is 12.0. The van der Waals surface area contributed by atoms with Crippen molar-refractivity contribution in [1.29, 1.82) is 0 Å². The molecule has 0 saturated heterocycles. The first-order valence-corrected chi connectivity index (χ1v) is 9.52. The van der Waals surface area contributed by atoms with Gasteiger partial charge in [-0.15, -0.1) is 0 Å². The van der Waals surface area contributed by atoms with Gasteiger partial charge in [0.05, 0.1) is 22.0 Å². The largest absolute Gasteiger partial charge is 0.462 e. The number of rotatable bonds is 6. The summed E-state index contributed by atoms with van der Waals surface area (Å²) in [5, 5.41) is 0. The van der Waals surface area contributed by atoms with E-state index in [4.69, 9.17) is 10.5 Å². The maximum Gasteiger partial charge on any atom is 0.338 e. The third-order valence-electron chi connectivity index (χ3n) is 3.55. The molecular weight excluding hydrogens is 338 g/mol. The van der Waals surface area contributed by atoms with E-state index in [2.05, 4.69) is 0 Å². The molecule has 0 heterocycles. The Balaban J connectivity index is 2.32. The lowest BCUT2D eigenvalue weighted by atomic mass is 9.96. The molecule has 0 unspecified atom stereocenters. The summed E-state index contributed by atoms with van der Waals surface area (Å²) in [5.74, 6) is -0.542. The molecular formula is C19H23NO4S. The Morgan fingerprint density at radius 3 is 2.28 bits per heavy atom. The molecule has 0 aliphatic carbocycles. The standard InChI is InChI=1S/C19H23NO4S/c1-4-24-18(21)15-6-5-7-17(12-15)25(22,23)16-10-8-14(9-11-16)13-19(2,3)20/h5-12H,4,13,20H2,1-3H3. The maximum atomic E-state index is 12.8. The fourth-order valence-electron chi connectivity index (χ4n) is 2.45. The second kappa shape index (κ2) is 7.37. The minimum absolute atomic E-state index is 0.0601. The Kier molecular flexibility index (Phi) is 5.65. The van der Waals surface area contributed by atoms with Crippen molar-refractivity contribution >= 4 is 15.8 Å². The van der Waals surface area contributed by atoms with E-state index in [1.165, 1.54) is 24.3 Å². The van der Waals surface area contributed by atoms with Crippen LogP contribution in [0.4, 0.5) is 0 Å². The predicted molar refractivity (Wildman–Crippen MR) is 96.3 cm³/mol. The summed E-state index contributed by atoms with van der Waals surface area (Å²) in [6.45, 7) is 5.76. The molecule has 0 spiro atoms. The van der Waals surface area contributed by atoms with Crippen LogP contribution in [0.2, 0.25) is 0 Å². The highest BCUT2D eigenvalue weighted by molar-refractivity contribution is 7.91. The van der Waals surface area contributed by atoms with Gasteiger partial charge in [-0.3, -0.25) is 0 Å². The zero-order chi connectivity index (χ0) is 18.7. The van der Waals surface area contributed by atoms with Crippen LogP contribution in [-0.4, -0.2) is 26.5 Å². The van der Waals surface area contributed by atoms with Crippen LogP contribution in [0.25, 0.3) is 0 Å². The number of hydrogen-bond donors (Lipinski definition) is 1. The lowest BCUT2D eigenvalue weighted by Gasteiger charge is -2.18. The minimum Gasteiger partial charge on any atom is -0.462 e. The minimum atomic E-state index is -3.71. The van der Waals surface area contributed by atoms with Gasteiger partial charge in [0, 0.05) is 5.54 Å². The first-order valence-electron chi connectivity index (χ1n) is 8.03. The fourth-order valence-corrected chi connectivity index (χ4v) is 3.76. The Morgan fingerprint density at radius 2 is 1.72 bits per heavy atom. The molecule has 0 amide bonds. The van der Waals surface area contributed by atoms with Gasteiger partial charge in [0.15, 0.2) is 0 Å². The van der Waals surface area contributed by atoms with Crippen LogP contribution in [0, 0.1) is 0 Å². The van der Waals surface area contributed by atoms with Crippen molar-refractivity contribution in [2.75, 3.05) is 6.61 Å². The van der Waals surface area contributed by atoms with Gasteiger partial charge in [0.2, 0.25) is 9.84 Å². The van der Waals surface area contributed by atoms with E-state index < -0.39 is 15.8 Å². The average molecular weight is 361 g/mol. The number of carbonyl (C=O) groups excluding carboxylic acids is 1. The molecule has 2 aromatic carbocycles. The highest BCUT2D eigenvalue weighted by Gasteiger charge is 2.20. The van der Waals surface area contributed by atoms with Crippen molar-refractivity contribution < 1.29 is 17.9 Å². The van der Waals surface area contributed by atoms with Gasteiger partial charge in [0.25, 0.3) is 0 Å². The highest BCUT2D eigenvalue weighted by atomic mass is 32.2. The molecule has 5 nitrogen and oxygen atoms in total. The van der Waals surface area contributed by atoms with Crippen molar-refractivity contribution in [2.45, 2.75) is 42.5 Å². The summed E-state index contributed by atoms with van der Waals surface area (Å²) in [7, 11) is -3.71. The predicted octanol–water partition coefficient (Wildman–Crippen LogP) is 2.98. The van der Waals surface area contributed by atoms with Gasteiger partial charge in [-0.05, 0) is 63.1 Å². The van der Waals surface area contributed by atoms with E-state index in [9.17, 15) is 13.2 Å². The summed E-state index contributed by atoms with van der Waals surface area (Å²) in [5.41, 5.74) is 6.80. The Labute approximate surface area is 148 Å². The molecule has 0 radical (unpaired) electrons. The van der Waals surface area contributed by atoms with Crippen LogP contribution >= 0.6 is 0 Å².